The molecule has 1 amide bonds. The highest BCUT2D eigenvalue weighted by Gasteiger charge is 2.18. The minimum absolute atomic E-state index is 0.0662. The number of unbranched alkanes of at least 4 members (excludes halogenated alkanes) is 45. The minimum atomic E-state index is -0.860. The van der Waals surface area contributed by atoms with E-state index in [1.807, 2.05) is 6.08 Å². The molecule has 4 heteroatoms. The minimum Gasteiger partial charge on any atom is -0.394 e. The maximum atomic E-state index is 12.5. The standard InChI is InChI=1S/C59H115NO3/c1-3-5-7-9-11-13-15-17-19-21-23-25-27-29-31-32-34-36-38-40-42-44-46-48-50-52-54-58(62)57(56-61)60-59(63)55-53-51-49-47-45-43-41-39-37-35-33-30-28-26-24-22-20-18-16-14-12-10-8-6-4-2/h44,46,52,54,57-58,61-62H,3-43,45,47-51,53,55-56H2,1-2H3,(H,60,63)/b46-44+,54-52+. The fourth-order valence-corrected chi connectivity index (χ4v) is 9.26. The average Bonchev–Trinajstić information content (AvgIpc) is 3.29. The molecule has 3 N–H and O–H groups in total. The average molecular weight is 887 g/mol. The summed E-state index contributed by atoms with van der Waals surface area (Å²) in [6.07, 6.45) is 73.5. The number of amides is 1. The molecular weight excluding hydrogens is 771 g/mol. The molecule has 4 nitrogen and oxygen atoms in total. The summed E-state index contributed by atoms with van der Waals surface area (Å²) in [5.41, 5.74) is 0. The van der Waals surface area contributed by atoms with E-state index in [0.717, 1.165) is 32.1 Å². The van der Waals surface area contributed by atoms with Gasteiger partial charge >= 0.3 is 0 Å². The molecule has 0 aromatic heterocycles. The van der Waals surface area contributed by atoms with E-state index in [9.17, 15) is 15.0 Å². The molecule has 374 valence electrons. The Bertz CT molecular complexity index is 916. The van der Waals surface area contributed by atoms with Crippen LogP contribution in [-0.4, -0.2) is 34.9 Å². The van der Waals surface area contributed by atoms with Crippen molar-refractivity contribution in [3.8, 4) is 0 Å². The van der Waals surface area contributed by atoms with Gasteiger partial charge in [0.1, 0.15) is 0 Å². The molecule has 2 unspecified atom stereocenters. The zero-order valence-corrected chi connectivity index (χ0v) is 43.1. The molecule has 0 radical (unpaired) electrons. The van der Waals surface area contributed by atoms with E-state index in [-0.39, 0.29) is 12.5 Å². The van der Waals surface area contributed by atoms with Crippen LogP contribution >= 0.6 is 0 Å². The van der Waals surface area contributed by atoms with Gasteiger partial charge in [-0.3, -0.25) is 4.79 Å². The van der Waals surface area contributed by atoms with Gasteiger partial charge in [0.05, 0.1) is 18.8 Å². The number of aliphatic hydroxyl groups excluding tert-OH is 2. The largest absolute Gasteiger partial charge is 0.394 e. The molecule has 0 spiro atoms. The molecule has 0 rings (SSSR count). The van der Waals surface area contributed by atoms with E-state index >= 15 is 0 Å². The number of allylic oxidation sites excluding steroid dienone is 3. The predicted octanol–water partition coefficient (Wildman–Crippen LogP) is 19.1. The Morgan fingerprint density at radius 1 is 0.365 bits per heavy atom. The molecule has 0 fully saturated rings. The molecule has 2 atom stereocenters. The van der Waals surface area contributed by atoms with Crippen LogP contribution < -0.4 is 5.32 Å². The van der Waals surface area contributed by atoms with E-state index in [1.54, 1.807) is 6.08 Å². The molecule has 0 aliphatic carbocycles. The van der Waals surface area contributed by atoms with Crippen molar-refractivity contribution in [2.45, 2.75) is 341 Å². The number of rotatable bonds is 54. The van der Waals surface area contributed by atoms with Crippen molar-refractivity contribution >= 4 is 5.91 Å². The van der Waals surface area contributed by atoms with Crippen LogP contribution in [0.4, 0.5) is 0 Å². The highest BCUT2D eigenvalue weighted by atomic mass is 16.3. The van der Waals surface area contributed by atoms with Crippen molar-refractivity contribution in [2.75, 3.05) is 6.61 Å². The van der Waals surface area contributed by atoms with Crippen molar-refractivity contribution in [3.63, 3.8) is 0 Å². The molecule has 0 aliphatic rings. The highest BCUT2D eigenvalue weighted by Crippen LogP contribution is 2.18. The fraction of sp³-hybridized carbons (Fsp3) is 0.915. The second-order valence-corrected chi connectivity index (χ2v) is 20.1. The van der Waals surface area contributed by atoms with E-state index < -0.39 is 12.1 Å². The monoisotopic (exact) mass is 886 g/mol. The third-order valence-electron chi connectivity index (χ3n) is 13.7. The van der Waals surface area contributed by atoms with Gasteiger partial charge in [0.2, 0.25) is 5.91 Å². The first-order valence-electron chi connectivity index (χ1n) is 29.1. The van der Waals surface area contributed by atoms with Crippen molar-refractivity contribution in [1.29, 1.82) is 0 Å². The van der Waals surface area contributed by atoms with Gasteiger partial charge in [-0.05, 0) is 32.1 Å². The first-order valence-corrected chi connectivity index (χ1v) is 29.1. The Labute approximate surface area is 396 Å². The molecule has 63 heavy (non-hydrogen) atoms. The number of carbonyl (C=O) groups excluding carboxylic acids is 1. The maximum absolute atomic E-state index is 12.5. The number of hydrogen-bond donors (Lipinski definition) is 3. The maximum Gasteiger partial charge on any atom is 0.220 e. The summed E-state index contributed by atoms with van der Waals surface area (Å²) < 4.78 is 0. The molecule has 0 saturated carbocycles. The van der Waals surface area contributed by atoms with E-state index in [4.69, 9.17) is 0 Å². The highest BCUT2D eigenvalue weighted by molar-refractivity contribution is 5.76. The smallest absolute Gasteiger partial charge is 0.220 e. The third kappa shape index (κ3) is 51.7. The van der Waals surface area contributed by atoms with Crippen LogP contribution in [0, 0.1) is 0 Å². The van der Waals surface area contributed by atoms with E-state index in [1.165, 1.54) is 276 Å². The summed E-state index contributed by atoms with van der Waals surface area (Å²) in [4.78, 5) is 12.5. The lowest BCUT2D eigenvalue weighted by Gasteiger charge is -2.19. The van der Waals surface area contributed by atoms with Gasteiger partial charge in [-0.25, -0.2) is 0 Å². The molecule has 0 bridgehead atoms. The Morgan fingerprint density at radius 2 is 0.619 bits per heavy atom. The molecule has 0 saturated heterocycles. The van der Waals surface area contributed by atoms with Gasteiger partial charge in [0.15, 0.2) is 0 Å². The number of carbonyl (C=O) groups is 1. The molecular formula is C59H115NO3. The van der Waals surface area contributed by atoms with Crippen molar-refractivity contribution in [1.82, 2.24) is 5.32 Å². The normalized spacial score (nSPS) is 12.9. The lowest BCUT2D eigenvalue weighted by Crippen LogP contribution is -2.45. The van der Waals surface area contributed by atoms with Gasteiger partial charge in [-0.15, -0.1) is 0 Å². The third-order valence-corrected chi connectivity index (χ3v) is 13.7. The van der Waals surface area contributed by atoms with Crippen LogP contribution in [0.5, 0.6) is 0 Å². The van der Waals surface area contributed by atoms with Crippen LogP contribution in [0.25, 0.3) is 0 Å². The molecule has 0 aromatic carbocycles. The summed E-state index contributed by atoms with van der Waals surface area (Å²) in [5, 5.41) is 23.2. The lowest BCUT2D eigenvalue weighted by molar-refractivity contribution is -0.123. The Balaban J connectivity index is 3.48. The summed E-state index contributed by atoms with van der Waals surface area (Å²) in [6, 6.07) is -0.636. The molecule has 0 heterocycles. The summed E-state index contributed by atoms with van der Waals surface area (Å²) in [6.45, 7) is 4.34. The topological polar surface area (TPSA) is 69.6 Å². The molecule has 0 aliphatic heterocycles. The van der Waals surface area contributed by atoms with Gasteiger partial charge in [-0.2, -0.15) is 0 Å². The zero-order chi connectivity index (χ0) is 45.6. The number of aliphatic hydroxyl groups is 2. The molecule has 0 aromatic rings. The Kier molecular flexibility index (Phi) is 54.2. The van der Waals surface area contributed by atoms with Crippen LogP contribution in [0.1, 0.15) is 328 Å². The summed E-state index contributed by atoms with van der Waals surface area (Å²) >= 11 is 0. The summed E-state index contributed by atoms with van der Waals surface area (Å²) in [7, 11) is 0. The zero-order valence-electron chi connectivity index (χ0n) is 43.1. The predicted molar refractivity (Wildman–Crippen MR) is 281 cm³/mol. The van der Waals surface area contributed by atoms with Crippen LogP contribution in [0.2, 0.25) is 0 Å². The van der Waals surface area contributed by atoms with E-state index in [2.05, 4.69) is 31.3 Å². The Morgan fingerprint density at radius 3 is 0.921 bits per heavy atom. The second-order valence-electron chi connectivity index (χ2n) is 20.1. The van der Waals surface area contributed by atoms with Gasteiger partial charge in [-0.1, -0.05) is 314 Å². The van der Waals surface area contributed by atoms with Gasteiger partial charge in [0.25, 0.3) is 0 Å². The van der Waals surface area contributed by atoms with Crippen molar-refractivity contribution in [3.05, 3.63) is 24.3 Å². The second kappa shape index (κ2) is 55.2. The summed E-state index contributed by atoms with van der Waals surface area (Å²) in [5.74, 6) is -0.0662. The van der Waals surface area contributed by atoms with Crippen molar-refractivity contribution < 1.29 is 15.0 Å². The van der Waals surface area contributed by atoms with Gasteiger partial charge < -0.3 is 15.5 Å². The first-order chi connectivity index (χ1) is 31.2. The number of hydrogen-bond acceptors (Lipinski definition) is 3. The van der Waals surface area contributed by atoms with Gasteiger partial charge in [0, 0.05) is 6.42 Å². The van der Waals surface area contributed by atoms with Crippen molar-refractivity contribution in [2.24, 2.45) is 0 Å². The quantitative estimate of drug-likeness (QED) is 0.0421. The fourth-order valence-electron chi connectivity index (χ4n) is 9.26. The lowest BCUT2D eigenvalue weighted by atomic mass is 10.0. The number of nitrogens with one attached hydrogen (secondary N) is 1. The SMILES string of the molecule is CCCCCCCCCCCCCCCCCCCCCC/C=C/CC/C=C/C(O)C(CO)NC(=O)CCCCCCCCCCCCCCCCCCCCCCCCCCC. The van der Waals surface area contributed by atoms with Crippen LogP contribution in [0.3, 0.4) is 0 Å². The Hall–Kier alpha value is -1.13. The first kappa shape index (κ1) is 61.9. The van der Waals surface area contributed by atoms with Crippen LogP contribution in [-0.2, 0) is 4.79 Å². The van der Waals surface area contributed by atoms with Crippen LogP contribution in [0.15, 0.2) is 24.3 Å². The van der Waals surface area contributed by atoms with E-state index in [0.29, 0.717) is 6.42 Å².